The smallest absolute Gasteiger partial charge is 0.264 e. The predicted molar refractivity (Wildman–Crippen MR) is 183 cm³/mol. The summed E-state index contributed by atoms with van der Waals surface area (Å²) in [6.07, 6.45) is 4.28. The number of anilines is 1. The molecule has 7 rings (SSSR count). The maximum Gasteiger partial charge on any atom is 0.264 e. The second-order valence-electron chi connectivity index (χ2n) is 11.5. The third kappa shape index (κ3) is 5.81. The van der Waals surface area contributed by atoms with Gasteiger partial charge in [-0.15, -0.1) is 0 Å². The van der Waals surface area contributed by atoms with Crippen LogP contribution in [-0.4, -0.2) is 52.1 Å². The highest BCUT2D eigenvalue weighted by atomic mass is 35.5. The standard InChI is InChI=1S/C32H22Cl6N6O3/c33-17-5-4-15(22(36)11-17)10-16-2-1-3-21-27(16)40-44(29(21)20-8-6-18(34)12-23(20)37)26(45)14-42-30-28(39-41-42)31(46)43(32(30)47)25-9-7-19(35)13-24(25)38/h4-13,21,28-30H,1-3,14H2/b16-10+/t21-,28+,29-,30-/m0/s1. The topological polar surface area (TPSA) is 98.0 Å². The molecule has 240 valence electrons. The molecule has 3 aromatic carbocycles. The van der Waals surface area contributed by atoms with Gasteiger partial charge in [-0.05, 0) is 84.5 Å². The molecule has 0 unspecified atom stereocenters. The Labute approximate surface area is 299 Å². The number of halogens is 6. The Balaban J connectivity index is 1.21. The van der Waals surface area contributed by atoms with E-state index in [1.807, 2.05) is 12.1 Å². The van der Waals surface area contributed by atoms with E-state index in [9.17, 15) is 14.4 Å². The van der Waals surface area contributed by atoms with E-state index in [1.165, 1.54) is 28.2 Å². The lowest BCUT2D eigenvalue weighted by molar-refractivity contribution is -0.136. The first-order valence-corrected chi connectivity index (χ1v) is 16.8. The van der Waals surface area contributed by atoms with E-state index >= 15 is 0 Å². The minimum absolute atomic E-state index is 0.126. The summed E-state index contributed by atoms with van der Waals surface area (Å²) in [6.45, 7) is -0.376. The van der Waals surface area contributed by atoms with Crippen molar-refractivity contribution in [3.63, 3.8) is 0 Å². The molecule has 1 saturated heterocycles. The van der Waals surface area contributed by atoms with Crippen molar-refractivity contribution >= 4 is 105 Å². The number of benzene rings is 3. The lowest BCUT2D eigenvalue weighted by atomic mass is 9.77. The van der Waals surface area contributed by atoms with Crippen LogP contribution < -0.4 is 4.90 Å². The average Bonchev–Trinajstić information content (AvgIpc) is 3.68. The molecule has 4 aliphatic rings. The van der Waals surface area contributed by atoms with Crippen LogP contribution in [-0.2, 0) is 14.4 Å². The van der Waals surface area contributed by atoms with E-state index in [0.717, 1.165) is 41.0 Å². The highest BCUT2D eigenvalue weighted by Crippen LogP contribution is 2.47. The molecule has 2 fully saturated rings. The Hall–Kier alpha value is -3.18. The highest BCUT2D eigenvalue weighted by molar-refractivity contribution is 6.39. The van der Waals surface area contributed by atoms with Crippen molar-refractivity contribution in [2.24, 2.45) is 21.4 Å². The number of rotatable bonds is 5. The lowest BCUT2D eigenvalue weighted by Crippen LogP contribution is -2.45. The molecule has 0 spiro atoms. The molecule has 3 aromatic rings. The number of fused-ring (bicyclic) bond motifs is 2. The summed E-state index contributed by atoms with van der Waals surface area (Å²) in [5.41, 5.74) is 3.30. The fourth-order valence-electron chi connectivity index (χ4n) is 6.53. The first kappa shape index (κ1) is 32.4. The monoisotopic (exact) mass is 748 g/mol. The zero-order valence-corrected chi connectivity index (χ0v) is 28.6. The van der Waals surface area contributed by atoms with Gasteiger partial charge in [0.1, 0.15) is 6.54 Å². The van der Waals surface area contributed by atoms with Crippen LogP contribution in [0, 0.1) is 5.92 Å². The maximum absolute atomic E-state index is 14.2. The SMILES string of the molecule is O=C1[C@@H]2[C@@H](N=NN2CC(=O)N2N=C3/C(=C/c4ccc(Cl)cc4Cl)CCC[C@@H]3[C@@H]2c2ccc(Cl)cc2Cl)C(=O)N1c1ccc(Cl)cc1Cl. The number of imide groups is 1. The minimum atomic E-state index is -1.13. The number of carbonyl (C=O) groups is 3. The quantitative estimate of drug-likeness (QED) is 0.244. The van der Waals surface area contributed by atoms with Gasteiger partial charge in [0.25, 0.3) is 17.7 Å². The maximum atomic E-state index is 14.2. The van der Waals surface area contributed by atoms with Crippen molar-refractivity contribution in [1.82, 2.24) is 10.0 Å². The summed E-state index contributed by atoms with van der Waals surface area (Å²) in [6, 6.07) is 12.0. The van der Waals surface area contributed by atoms with Crippen LogP contribution in [0.4, 0.5) is 5.69 Å². The molecular weight excluding hydrogens is 729 g/mol. The van der Waals surface area contributed by atoms with Crippen LogP contribution in [0.2, 0.25) is 30.1 Å². The normalized spacial score (nSPS) is 24.3. The molecule has 47 heavy (non-hydrogen) atoms. The molecule has 9 nitrogen and oxygen atoms in total. The average molecular weight is 751 g/mol. The van der Waals surface area contributed by atoms with Crippen molar-refractivity contribution in [2.45, 2.75) is 37.4 Å². The molecule has 0 N–H and O–H groups in total. The minimum Gasteiger partial charge on any atom is -0.271 e. The van der Waals surface area contributed by atoms with Gasteiger partial charge >= 0.3 is 0 Å². The van der Waals surface area contributed by atoms with Gasteiger partial charge in [0.2, 0.25) is 0 Å². The molecule has 3 aliphatic heterocycles. The van der Waals surface area contributed by atoms with Crippen molar-refractivity contribution in [3.05, 3.63) is 101 Å². The van der Waals surface area contributed by atoms with Crippen molar-refractivity contribution in [2.75, 3.05) is 11.4 Å². The number of hydrogen-bond donors (Lipinski definition) is 0. The zero-order valence-electron chi connectivity index (χ0n) is 24.1. The Kier molecular flexibility index (Phi) is 8.74. The summed E-state index contributed by atoms with van der Waals surface area (Å²) in [4.78, 5) is 42.1. The summed E-state index contributed by atoms with van der Waals surface area (Å²) < 4.78 is 0. The van der Waals surface area contributed by atoms with Crippen LogP contribution in [0.3, 0.4) is 0 Å². The zero-order chi connectivity index (χ0) is 33.1. The Morgan fingerprint density at radius 2 is 1.51 bits per heavy atom. The number of allylic oxidation sites excluding steroid dienone is 1. The fraction of sp³-hybridized carbons (Fsp3) is 0.250. The lowest BCUT2D eigenvalue weighted by Gasteiger charge is -2.31. The van der Waals surface area contributed by atoms with Crippen LogP contribution in [0.5, 0.6) is 0 Å². The summed E-state index contributed by atoms with van der Waals surface area (Å²) in [7, 11) is 0. The number of amides is 3. The first-order valence-electron chi connectivity index (χ1n) is 14.5. The molecule has 15 heteroatoms. The van der Waals surface area contributed by atoms with Gasteiger partial charge in [-0.3, -0.25) is 19.4 Å². The number of hydrogen-bond acceptors (Lipinski definition) is 7. The third-order valence-electron chi connectivity index (χ3n) is 8.64. The Bertz CT molecular complexity index is 1950. The fourth-order valence-corrected chi connectivity index (χ4v) is 8.00. The van der Waals surface area contributed by atoms with Gasteiger partial charge in [-0.25, -0.2) is 9.91 Å². The highest BCUT2D eigenvalue weighted by Gasteiger charge is 2.56. The van der Waals surface area contributed by atoms with Crippen LogP contribution >= 0.6 is 69.6 Å². The predicted octanol–water partition coefficient (Wildman–Crippen LogP) is 8.72. The van der Waals surface area contributed by atoms with Gasteiger partial charge in [0.05, 0.1) is 22.5 Å². The summed E-state index contributed by atoms with van der Waals surface area (Å²) >= 11 is 37.9. The molecule has 1 saturated carbocycles. The van der Waals surface area contributed by atoms with Crippen molar-refractivity contribution in [3.8, 4) is 0 Å². The van der Waals surface area contributed by atoms with Crippen molar-refractivity contribution in [1.29, 1.82) is 0 Å². The van der Waals surface area contributed by atoms with Gasteiger partial charge in [-0.2, -0.15) is 10.2 Å². The van der Waals surface area contributed by atoms with Crippen LogP contribution in [0.15, 0.2) is 75.6 Å². The van der Waals surface area contributed by atoms with Crippen LogP contribution in [0.25, 0.3) is 6.08 Å². The van der Waals surface area contributed by atoms with Crippen molar-refractivity contribution < 1.29 is 14.4 Å². The largest absolute Gasteiger partial charge is 0.271 e. The van der Waals surface area contributed by atoms with E-state index < -0.39 is 35.8 Å². The Morgan fingerprint density at radius 3 is 2.21 bits per heavy atom. The molecule has 0 radical (unpaired) electrons. The van der Waals surface area contributed by atoms with Crippen LogP contribution in [0.1, 0.15) is 36.4 Å². The van der Waals surface area contributed by atoms with E-state index in [4.69, 9.17) is 74.7 Å². The Morgan fingerprint density at radius 1 is 0.830 bits per heavy atom. The third-order valence-corrected chi connectivity index (χ3v) is 10.3. The van der Waals surface area contributed by atoms with E-state index in [-0.39, 0.29) is 23.2 Å². The number of carbonyl (C=O) groups excluding carboxylic acids is 3. The van der Waals surface area contributed by atoms with E-state index in [0.29, 0.717) is 30.7 Å². The van der Waals surface area contributed by atoms with Gasteiger partial charge in [0.15, 0.2) is 12.1 Å². The summed E-state index contributed by atoms with van der Waals surface area (Å²) in [5, 5.41) is 18.0. The van der Waals surface area contributed by atoms with Gasteiger partial charge in [-0.1, -0.05) is 87.0 Å². The van der Waals surface area contributed by atoms with E-state index in [2.05, 4.69) is 10.3 Å². The molecule has 4 atom stereocenters. The second kappa shape index (κ2) is 12.7. The molecule has 1 aliphatic carbocycles. The van der Waals surface area contributed by atoms with Gasteiger partial charge in [0, 0.05) is 31.0 Å². The van der Waals surface area contributed by atoms with E-state index in [1.54, 1.807) is 30.3 Å². The molecule has 0 aromatic heterocycles. The number of nitrogens with zero attached hydrogens (tertiary/aromatic N) is 6. The molecular formula is C32H22Cl6N6O3. The molecule has 3 heterocycles. The molecule has 3 amide bonds. The number of hydrazone groups is 1. The summed E-state index contributed by atoms with van der Waals surface area (Å²) in [5.74, 6) is -1.86. The van der Waals surface area contributed by atoms with Gasteiger partial charge < -0.3 is 0 Å². The first-order chi connectivity index (χ1) is 22.5. The molecule has 0 bridgehead atoms. The second-order valence-corrected chi connectivity index (χ2v) is 14.0.